The number of unbranched alkanes of at least 4 members (excludes halogenated alkanes) is 3. The van der Waals surface area contributed by atoms with Crippen LogP contribution in [-0.4, -0.2) is 23.6 Å². The van der Waals surface area contributed by atoms with Gasteiger partial charge in [-0.25, -0.2) is 9.97 Å². The van der Waals surface area contributed by atoms with Gasteiger partial charge >= 0.3 is 0 Å². The Morgan fingerprint density at radius 2 is 2.20 bits per heavy atom. The smallest absolute Gasteiger partial charge is 0.216 e. The third kappa shape index (κ3) is 6.15. The van der Waals surface area contributed by atoms with E-state index in [2.05, 4.69) is 28.8 Å². The molecule has 1 aromatic heterocycles. The molecule has 0 aliphatic rings. The van der Waals surface area contributed by atoms with Crippen LogP contribution < -0.4 is 10.1 Å². The number of allylic oxidation sites excluding steroid dienone is 1. The number of ether oxygens (including phenoxy) is 1. The van der Waals surface area contributed by atoms with Crippen LogP contribution in [0.1, 0.15) is 57.2 Å². The first-order valence-electron chi connectivity index (χ1n) is 7.52. The molecule has 0 amide bonds. The quantitative estimate of drug-likeness (QED) is 0.495. The van der Waals surface area contributed by atoms with E-state index in [-0.39, 0.29) is 6.04 Å². The van der Waals surface area contributed by atoms with Gasteiger partial charge in [0.15, 0.2) is 0 Å². The molecule has 0 radical (unpaired) electrons. The van der Waals surface area contributed by atoms with Crippen LogP contribution in [0.3, 0.4) is 0 Å². The molecule has 4 nitrogen and oxygen atoms in total. The third-order valence-corrected chi connectivity index (χ3v) is 3.27. The fourth-order valence-electron chi connectivity index (χ4n) is 2.14. The zero-order valence-corrected chi connectivity index (χ0v) is 12.8. The van der Waals surface area contributed by atoms with Crippen molar-refractivity contribution >= 4 is 0 Å². The van der Waals surface area contributed by atoms with Crippen LogP contribution in [0.2, 0.25) is 0 Å². The minimum Gasteiger partial charge on any atom is -0.481 e. The summed E-state index contributed by atoms with van der Waals surface area (Å²) in [5.41, 5.74) is 1.02. The second-order valence-electron chi connectivity index (χ2n) is 4.92. The second kappa shape index (κ2) is 10.4. The molecule has 1 unspecified atom stereocenters. The Bertz CT molecular complexity index is 382. The Hall–Kier alpha value is -1.42. The predicted molar refractivity (Wildman–Crippen MR) is 82.9 cm³/mol. The van der Waals surface area contributed by atoms with E-state index in [1.165, 1.54) is 19.3 Å². The zero-order valence-electron chi connectivity index (χ0n) is 12.8. The van der Waals surface area contributed by atoms with Crippen molar-refractivity contribution in [2.75, 3.05) is 13.7 Å². The van der Waals surface area contributed by atoms with Crippen LogP contribution >= 0.6 is 0 Å². The van der Waals surface area contributed by atoms with Gasteiger partial charge in [0.25, 0.3) is 0 Å². The number of aromatic nitrogens is 2. The molecule has 0 aliphatic carbocycles. The summed E-state index contributed by atoms with van der Waals surface area (Å²) in [6.07, 6.45) is 10.5. The number of methoxy groups -OCH3 is 1. The molecule has 1 aromatic rings. The van der Waals surface area contributed by atoms with Crippen molar-refractivity contribution in [2.45, 2.75) is 51.5 Å². The van der Waals surface area contributed by atoms with Crippen molar-refractivity contribution in [2.24, 2.45) is 0 Å². The number of hydrogen-bond acceptors (Lipinski definition) is 4. The van der Waals surface area contributed by atoms with Crippen LogP contribution in [0.15, 0.2) is 25.0 Å². The van der Waals surface area contributed by atoms with Crippen LogP contribution in [0.5, 0.6) is 5.88 Å². The van der Waals surface area contributed by atoms with Gasteiger partial charge in [0.1, 0.15) is 6.33 Å². The SMILES string of the molecule is C=CCCCCCC(NCCC)c1cc(OC)ncn1. The monoisotopic (exact) mass is 277 g/mol. The lowest BCUT2D eigenvalue weighted by molar-refractivity contribution is 0.392. The first-order valence-corrected chi connectivity index (χ1v) is 7.52. The van der Waals surface area contributed by atoms with Gasteiger partial charge in [-0.15, -0.1) is 6.58 Å². The van der Waals surface area contributed by atoms with Gasteiger partial charge in [-0.05, 0) is 32.2 Å². The Morgan fingerprint density at radius 3 is 2.90 bits per heavy atom. The maximum atomic E-state index is 5.18. The van der Waals surface area contributed by atoms with Crippen molar-refractivity contribution in [1.29, 1.82) is 0 Å². The van der Waals surface area contributed by atoms with Gasteiger partial charge in [-0.1, -0.05) is 25.8 Å². The van der Waals surface area contributed by atoms with E-state index in [0.717, 1.165) is 31.5 Å². The fourth-order valence-corrected chi connectivity index (χ4v) is 2.14. The highest BCUT2D eigenvalue weighted by Crippen LogP contribution is 2.20. The standard InChI is InChI=1S/C16H27N3O/c1-4-6-7-8-9-10-14(17-11-5-2)15-12-16(20-3)19-13-18-15/h4,12-14,17H,1,5-11H2,2-3H3. The molecule has 0 aliphatic heterocycles. The summed E-state index contributed by atoms with van der Waals surface area (Å²) < 4.78 is 5.18. The Balaban J connectivity index is 2.55. The van der Waals surface area contributed by atoms with Gasteiger partial charge in [0.05, 0.1) is 12.8 Å². The molecule has 0 spiro atoms. The van der Waals surface area contributed by atoms with Gasteiger partial charge < -0.3 is 10.1 Å². The van der Waals surface area contributed by atoms with E-state index in [1.807, 2.05) is 12.1 Å². The van der Waals surface area contributed by atoms with E-state index < -0.39 is 0 Å². The molecule has 0 fully saturated rings. The molecule has 0 saturated heterocycles. The average Bonchev–Trinajstić information content (AvgIpc) is 2.50. The van der Waals surface area contributed by atoms with Gasteiger partial charge in [0, 0.05) is 12.1 Å². The van der Waals surface area contributed by atoms with Crippen molar-refractivity contribution in [3.8, 4) is 5.88 Å². The highest BCUT2D eigenvalue weighted by atomic mass is 16.5. The van der Waals surface area contributed by atoms with Crippen molar-refractivity contribution < 1.29 is 4.74 Å². The molecule has 1 rings (SSSR count). The van der Waals surface area contributed by atoms with Crippen LogP contribution in [0.4, 0.5) is 0 Å². The first kappa shape index (κ1) is 16.6. The number of hydrogen-bond donors (Lipinski definition) is 1. The molecule has 1 heterocycles. The minimum atomic E-state index is 0.288. The normalized spacial score (nSPS) is 12.1. The summed E-state index contributed by atoms with van der Waals surface area (Å²) in [5.74, 6) is 0.630. The average molecular weight is 277 g/mol. The van der Waals surface area contributed by atoms with E-state index >= 15 is 0 Å². The van der Waals surface area contributed by atoms with E-state index in [1.54, 1.807) is 13.4 Å². The maximum absolute atomic E-state index is 5.18. The summed E-state index contributed by atoms with van der Waals surface area (Å²) in [4.78, 5) is 8.46. The molecule has 0 saturated carbocycles. The lowest BCUT2D eigenvalue weighted by Gasteiger charge is -2.18. The van der Waals surface area contributed by atoms with E-state index in [4.69, 9.17) is 4.74 Å². The molecular formula is C16H27N3O. The summed E-state index contributed by atoms with van der Waals surface area (Å²) in [6.45, 7) is 6.94. The van der Waals surface area contributed by atoms with Crippen molar-refractivity contribution in [3.05, 3.63) is 30.7 Å². The molecule has 20 heavy (non-hydrogen) atoms. The number of rotatable bonds is 11. The van der Waals surface area contributed by atoms with E-state index in [9.17, 15) is 0 Å². The van der Waals surface area contributed by atoms with Crippen LogP contribution in [-0.2, 0) is 0 Å². The predicted octanol–water partition coefficient (Wildman–Crippen LogP) is 3.66. The maximum Gasteiger partial charge on any atom is 0.216 e. The molecule has 1 atom stereocenters. The number of nitrogens with one attached hydrogen (secondary N) is 1. The van der Waals surface area contributed by atoms with Gasteiger partial charge in [-0.2, -0.15) is 0 Å². The molecule has 0 bridgehead atoms. The highest BCUT2D eigenvalue weighted by Gasteiger charge is 2.13. The Labute approximate surface area is 122 Å². The highest BCUT2D eigenvalue weighted by molar-refractivity contribution is 5.16. The van der Waals surface area contributed by atoms with Crippen molar-refractivity contribution in [1.82, 2.24) is 15.3 Å². The zero-order chi connectivity index (χ0) is 14.6. The molecule has 0 aromatic carbocycles. The lowest BCUT2D eigenvalue weighted by Crippen LogP contribution is -2.23. The molecular weight excluding hydrogens is 250 g/mol. The van der Waals surface area contributed by atoms with Crippen LogP contribution in [0, 0.1) is 0 Å². The Morgan fingerprint density at radius 1 is 1.35 bits per heavy atom. The first-order chi connectivity index (χ1) is 9.81. The summed E-state index contributed by atoms with van der Waals surface area (Å²) in [6, 6.07) is 2.22. The lowest BCUT2D eigenvalue weighted by atomic mass is 10.0. The summed E-state index contributed by atoms with van der Waals surface area (Å²) in [5, 5.41) is 3.56. The van der Waals surface area contributed by atoms with Gasteiger partial charge in [0.2, 0.25) is 5.88 Å². The van der Waals surface area contributed by atoms with E-state index in [0.29, 0.717) is 5.88 Å². The molecule has 112 valence electrons. The van der Waals surface area contributed by atoms with Gasteiger partial charge in [-0.3, -0.25) is 0 Å². The Kier molecular flexibility index (Phi) is 8.63. The molecule has 1 N–H and O–H groups in total. The fraction of sp³-hybridized carbons (Fsp3) is 0.625. The third-order valence-electron chi connectivity index (χ3n) is 3.27. The summed E-state index contributed by atoms with van der Waals surface area (Å²) in [7, 11) is 1.63. The van der Waals surface area contributed by atoms with Crippen LogP contribution in [0.25, 0.3) is 0 Å². The number of nitrogens with zero attached hydrogens (tertiary/aromatic N) is 2. The van der Waals surface area contributed by atoms with Crippen molar-refractivity contribution in [3.63, 3.8) is 0 Å². The largest absolute Gasteiger partial charge is 0.481 e. The molecule has 4 heteroatoms. The second-order valence-corrected chi connectivity index (χ2v) is 4.92. The summed E-state index contributed by atoms with van der Waals surface area (Å²) >= 11 is 0. The topological polar surface area (TPSA) is 47.0 Å². The minimum absolute atomic E-state index is 0.288.